The van der Waals surface area contributed by atoms with Gasteiger partial charge in [-0.2, -0.15) is 13.2 Å². The first kappa shape index (κ1) is 16.3. The van der Waals surface area contributed by atoms with E-state index in [2.05, 4.69) is 0 Å². The second-order valence-corrected chi connectivity index (χ2v) is 6.14. The van der Waals surface area contributed by atoms with Gasteiger partial charge in [0.2, 0.25) is 5.91 Å². The van der Waals surface area contributed by atoms with Crippen LogP contribution in [0.1, 0.15) is 45.4 Å². The van der Waals surface area contributed by atoms with Gasteiger partial charge in [-0.1, -0.05) is 19.8 Å². The number of alkyl halides is 3. The van der Waals surface area contributed by atoms with Gasteiger partial charge < -0.3 is 4.90 Å². The number of piperidine rings is 1. The highest BCUT2D eigenvalue weighted by Gasteiger charge is 2.49. The molecule has 2 fully saturated rings. The lowest BCUT2D eigenvalue weighted by Crippen LogP contribution is -2.49. The van der Waals surface area contributed by atoms with Crippen molar-refractivity contribution in [3.8, 4) is 0 Å². The topological polar surface area (TPSA) is 37.4 Å². The SMILES string of the molecule is CCC1CN(C(=O)C2CCCCC2C(F)(F)F)CCC1=O. The average Bonchev–Trinajstić information content (AvgIpc) is 2.46. The molecule has 120 valence electrons. The minimum absolute atomic E-state index is 0.0455. The van der Waals surface area contributed by atoms with E-state index in [4.69, 9.17) is 0 Å². The minimum atomic E-state index is -4.31. The molecule has 1 aliphatic carbocycles. The quantitative estimate of drug-likeness (QED) is 0.786. The van der Waals surface area contributed by atoms with E-state index in [1.165, 1.54) is 4.90 Å². The lowest BCUT2D eigenvalue weighted by atomic mass is 9.77. The fourth-order valence-corrected chi connectivity index (χ4v) is 3.52. The zero-order chi connectivity index (χ0) is 15.6. The summed E-state index contributed by atoms with van der Waals surface area (Å²) in [4.78, 5) is 25.7. The van der Waals surface area contributed by atoms with Crippen LogP contribution in [0.2, 0.25) is 0 Å². The third-order valence-electron chi connectivity index (χ3n) is 4.83. The van der Waals surface area contributed by atoms with Crippen LogP contribution in [0.4, 0.5) is 13.2 Å². The number of halogens is 3. The Labute approximate surface area is 122 Å². The summed E-state index contributed by atoms with van der Waals surface area (Å²) in [6.07, 6.45) is -1.84. The third-order valence-corrected chi connectivity index (χ3v) is 4.83. The fraction of sp³-hybridized carbons (Fsp3) is 0.867. The molecular formula is C15H22F3NO2. The van der Waals surface area contributed by atoms with Crippen molar-refractivity contribution in [3.63, 3.8) is 0 Å². The molecule has 21 heavy (non-hydrogen) atoms. The third kappa shape index (κ3) is 3.58. The van der Waals surface area contributed by atoms with Gasteiger partial charge in [0.25, 0.3) is 0 Å². The highest BCUT2D eigenvalue weighted by atomic mass is 19.4. The predicted molar refractivity (Wildman–Crippen MR) is 71.5 cm³/mol. The molecule has 0 aromatic carbocycles. The Kier molecular flexibility index (Phi) is 4.94. The standard InChI is InChI=1S/C15H22F3NO2/c1-2-10-9-19(8-7-13(10)20)14(21)11-5-3-4-6-12(11)15(16,17)18/h10-12H,2-9H2,1H3. The largest absolute Gasteiger partial charge is 0.392 e. The van der Waals surface area contributed by atoms with Crippen LogP contribution < -0.4 is 0 Å². The van der Waals surface area contributed by atoms with E-state index in [1.54, 1.807) is 0 Å². The Morgan fingerprint density at radius 3 is 2.57 bits per heavy atom. The van der Waals surface area contributed by atoms with E-state index in [-0.39, 0.29) is 37.6 Å². The zero-order valence-electron chi connectivity index (χ0n) is 12.3. The molecule has 0 N–H and O–H groups in total. The first-order valence-electron chi connectivity index (χ1n) is 7.72. The summed E-state index contributed by atoms with van der Waals surface area (Å²) in [6.45, 7) is 2.43. The fourth-order valence-electron chi connectivity index (χ4n) is 3.52. The van der Waals surface area contributed by atoms with Gasteiger partial charge in [-0.15, -0.1) is 0 Å². The molecule has 3 nitrogen and oxygen atoms in total. The van der Waals surface area contributed by atoms with Gasteiger partial charge in [0, 0.05) is 31.3 Å². The van der Waals surface area contributed by atoms with Crippen LogP contribution in [-0.2, 0) is 9.59 Å². The molecule has 0 bridgehead atoms. The van der Waals surface area contributed by atoms with Crippen LogP contribution in [0, 0.1) is 17.8 Å². The first-order chi connectivity index (χ1) is 9.84. The van der Waals surface area contributed by atoms with Crippen LogP contribution in [-0.4, -0.2) is 35.9 Å². The number of Topliss-reactive ketones (excluding diaryl/α,β-unsaturated/α-hetero) is 1. The first-order valence-corrected chi connectivity index (χ1v) is 7.72. The predicted octanol–water partition coefficient (Wildman–Crippen LogP) is 3.18. The second kappa shape index (κ2) is 6.36. The van der Waals surface area contributed by atoms with Gasteiger partial charge in [0.05, 0.1) is 5.92 Å². The molecule has 1 heterocycles. The highest BCUT2D eigenvalue weighted by molar-refractivity contribution is 5.86. The summed E-state index contributed by atoms with van der Waals surface area (Å²) in [5.41, 5.74) is 0. The Bertz CT molecular complexity index is 408. The van der Waals surface area contributed by atoms with Crippen LogP contribution in [0.25, 0.3) is 0 Å². The number of ketones is 1. The van der Waals surface area contributed by atoms with Crippen molar-refractivity contribution in [2.24, 2.45) is 17.8 Å². The summed E-state index contributed by atoms with van der Waals surface area (Å²) in [5, 5.41) is 0. The highest BCUT2D eigenvalue weighted by Crippen LogP contribution is 2.42. The molecule has 3 unspecified atom stereocenters. The van der Waals surface area contributed by atoms with E-state index in [9.17, 15) is 22.8 Å². The smallest absolute Gasteiger partial charge is 0.341 e. The zero-order valence-corrected chi connectivity index (χ0v) is 12.3. The van der Waals surface area contributed by atoms with Gasteiger partial charge >= 0.3 is 6.18 Å². The number of rotatable bonds is 2. The van der Waals surface area contributed by atoms with E-state index in [0.717, 1.165) is 0 Å². The maximum Gasteiger partial charge on any atom is 0.392 e. The molecule has 1 amide bonds. The molecule has 1 saturated carbocycles. The number of carbonyl (C=O) groups excluding carboxylic acids is 2. The number of likely N-dealkylation sites (tertiary alicyclic amines) is 1. The van der Waals surface area contributed by atoms with E-state index >= 15 is 0 Å². The van der Waals surface area contributed by atoms with Gasteiger partial charge in [-0.05, 0) is 19.3 Å². The number of carbonyl (C=O) groups is 2. The van der Waals surface area contributed by atoms with Crippen molar-refractivity contribution in [1.82, 2.24) is 4.90 Å². The molecule has 0 radical (unpaired) electrons. The molecule has 0 aromatic heterocycles. The van der Waals surface area contributed by atoms with Crippen LogP contribution in [0.5, 0.6) is 0 Å². The van der Waals surface area contributed by atoms with Crippen LogP contribution >= 0.6 is 0 Å². The molecule has 3 atom stereocenters. The molecule has 6 heteroatoms. The van der Waals surface area contributed by atoms with E-state index in [0.29, 0.717) is 25.7 Å². The maximum atomic E-state index is 13.1. The second-order valence-electron chi connectivity index (χ2n) is 6.14. The summed E-state index contributed by atoms with van der Waals surface area (Å²) in [7, 11) is 0. The van der Waals surface area contributed by atoms with Gasteiger partial charge in [0.15, 0.2) is 0 Å². The van der Waals surface area contributed by atoms with Crippen molar-refractivity contribution < 1.29 is 22.8 Å². The molecular weight excluding hydrogens is 283 g/mol. The van der Waals surface area contributed by atoms with E-state index in [1.807, 2.05) is 6.92 Å². The number of hydrogen-bond acceptors (Lipinski definition) is 2. The molecule has 0 aromatic rings. The van der Waals surface area contributed by atoms with Crippen molar-refractivity contribution in [2.45, 2.75) is 51.6 Å². The lowest BCUT2D eigenvalue weighted by molar-refractivity contribution is -0.201. The normalized spacial score (nSPS) is 31.3. The molecule has 1 saturated heterocycles. The van der Waals surface area contributed by atoms with Gasteiger partial charge in [0.1, 0.15) is 5.78 Å². The van der Waals surface area contributed by atoms with E-state index < -0.39 is 23.9 Å². The Hall–Kier alpha value is -1.07. The molecule has 1 aliphatic heterocycles. The van der Waals surface area contributed by atoms with Crippen molar-refractivity contribution in [1.29, 1.82) is 0 Å². The minimum Gasteiger partial charge on any atom is -0.341 e. The van der Waals surface area contributed by atoms with Crippen molar-refractivity contribution >= 4 is 11.7 Å². The monoisotopic (exact) mass is 305 g/mol. The summed E-state index contributed by atoms with van der Waals surface area (Å²) in [6, 6.07) is 0. The number of amides is 1. The average molecular weight is 305 g/mol. The molecule has 0 spiro atoms. The molecule has 2 aliphatic rings. The van der Waals surface area contributed by atoms with Crippen molar-refractivity contribution in [2.75, 3.05) is 13.1 Å². The summed E-state index contributed by atoms with van der Waals surface area (Å²) in [5.74, 6) is -2.96. The summed E-state index contributed by atoms with van der Waals surface area (Å²) < 4.78 is 39.3. The van der Waals surface area contributed by atoms with Gasteiger partial charge in [-0.25, -0.2) is 0 Å². The maximum absolute atomic E-state index is 13.1. The summed E-state index contributed by atoms with van der Waals surface area (Å²) >= 11 is 0. The Morgan fingerprint density at radius 1 is 1.29 bits per heavy atom. The Balaban J connectivity index is 2.08. The van der Waals surface area contributed by atoms with Gasteiger partial charge in [-0.3, -0.25) is 9.59 Å². The van der Waals surface area contributed by atoms with Crippen molar-refractivity contribution in [3.05, 3.63) is 0 Å². The lowest BCUT2D eigenvalue weighted by Gasteiger charge is -2.38. The number of hydrogen-bond donors (Lipinski definition) is 0. The van der Waals surface area contributed by atoms with Crippen LogP contribution in [0.3, 0.4) is 0 Å². The Morgan fingerprint density at radius 2 is 1.95 bits per heavy atom. The molecule has 2 rings (SSSR count). The van der Waals surface area contributed by atoms with Crippen LogP contribution in [0.15, 0.2) is 0 Å². The number of nitrogens with zero attached hydrogens (tertiary/aromatic N) is 1.